The van der Waals surface area contributed by atoms with Crippen LogP contribution >= 0.6 is 11.6 Å². The van der Waals surface area contributed by atoms with Crippen LogP contribution in [0.25, 0.3) is 0 Å². The van der Waals surface area contributed by atoms with Crippen LogP contribution in [0.5, 0.6) is 5.75 Å². The van der Waals surface area contributed by atoms with E-state index in [9.17, 15) is 14.4 Å². The smallest absolute Gasteiger partial charge is 0.227 e. The number of fused-ring (bicyclic) bond motifs is 1. The first-order valence-corrected chi connectivity index (χ1v) is 16.1. The number of carbonyl (C=O) groups excluding carboxylic acids is 3. The summed E-state index contributed by atoms with van der Waals surface area (Å²) < 4.78 is 8.35. The molecule has 43 heavy (non-hydrogen) atoms. The maximum Gasteiger partial charge on any atom is 0.227 e. The molecule has 0 bridgehead atoms. The number of hydrogen-bond donors (Lipinski definition) is 1. The molecule has 1 unspecified atom stereocenters. The number of likely N-dealkylation sites (tertiary alicyclic amines) is 1. The number of ether oxygens (including phenoxy) is 1. The van der Waals surface area contributed by atoms with Gasteiger partial charge in [0.1, 0.15) is 18.1 Å². The number of nitrogens with zero attached hydrogens (tertiary/aromatic N) is 5. The number of hydrogen-bond acceptors (Lipinski definition) is 6. The minimum absolute atomic E-state index is 0.0305. The monoisotopic (exact) mass is 610 g/mol. The third kappa shape index (κ3) is 5.51. The Balaban J connectivity index is 1.37. The van der Waals surface area contributed by atoms with Crippen molar-refractivity contribution < 1.29 is 19.1 Å². The van der Waals surface area contributed by atoms with E-state index in [-0.39, 0.29) is 30.2 Å². The van der Waals surface area contributed by atoms with Crippen molar-refractivity contribution in [2.24, 2.45) is 24.3 Å². The summed E-state index contributed by atoms with van der Waals surface area (Å²) in [6.45, 7) is 5.73. The lowest BCUT2D eigenvalue weighted by atomic mass is 9.66. The Hall–Kier alpha value is -3.14. The minimum atomic E-state index is -0.786. The molecule has 1 aromatic heterocycles. The van der Waals surface area contributed by atoms with Crippen LogP contribution in [0.15, 0.2) is 12.1 Å². The first-order chi connectivity index (χ1) is 20.6. The molecule has 4 atom stereocenters. The number of nitrogens with one attached hydrogen (secondary N) is 1. The van der Waals surface area contributed by atoms with Gasteiger partial charge in [-0.15, -0.1) is 5.10 Å². The molecule has 0 radical (unpaired) electrons. The van der Waals surface area contributed by atoms with Crippen LogP contribution in [-0.4, -0.2) is 69.2 Å². The van der Waals surface area contributed by atoms with Crippen molar-refractivity contribution in [1.29, 1.82) is 0 Å². The summed E-state index contributed by atoms with van der Waals surface area (Å²) in [6.07, 6.45) is 6.47. The van der Waals surface area contributed by atoms with Gasteiger partial charge in [0.05, 0.1) is 23.1 Å². The summed E-state index contributed by atoms with van der Waals surface area (Å²) in [4.78, 5) is 44.6. The van der Waals surface area contributed by atoms with Gasteiger partial charge in [-0.1, -0.05) is 36.6 Å². The average Bonchev–Trinajstić information content (AvgIpc) is 3.68. The van der Waals surface area contributed by atoms with Gasteiger partial charge in [0, 0.05) is 56.7 Å². The van der Waals surface area contributed by atoms with Crippen LogP contribution in [0.2, 0.25) is 5.02 Å². The van der Waals surface area contributed by atoms with Gasteiger partial charge < -0.3 is 19.9 Å². The highest BCUT2D eigenvalue weighted by molar-refractivity contribution is 6.31. The molecule has 1 aromatic carbocycles. The van der Waals surface area contributed by atoms with E-state index in [0.29, 0.717) is 62.0 Å². The molecule has 2 aliphatic heterocycles. The van der Waals surface area contributed by atoms with Crippen molar-refractivity contribution in [3.63, 3.8) is 0 Å². The van der Waals surface area contributed by atoms with Crippen molar-refractivity contribution in [2.75, 3.05) is 26.7 Å². The Kier molecular flexibility index (Phi) is 8.17. The number of benzene rings is 1. The molecule has 3 amide bonds. The van der Waals surface area contributed by atoms with E-state index in [1.165, 1.54) is 0 Å². The van der Waals surface area contributed by atoms with E-state index in [0.717, 1.165) is 48.2 Å². The number of carbonyl (C=O) groups is 3. The molecule has 11 heteroatoms. The molecule has 0 spiro atoms. The Labute approximate surface area is 258 Å². The number of aromatic nitrogens is 3. The second kappa shape index (κ2) is 11.7. The molecule has 3 heterocycles. The third-order valence-corrected chi connectivity index (χ3v) is 10.5. The summed E-state index contributed by atoms with van der Waals surface area (Å²) in [5.41, 5.74) is 2.95. The molecule has 2 saturated carbocycles. The van der Waals surface area contributed by atoms with Crippen molar-refractivity contribution in [1.82, 2.24) is 30.1 Å². The van der Waals surface area contributed by atoms with Crippen LogP contribution in [-0.2, 0) is 34.5 Å². The van der Waals surface area contributed by atoms with E-state index in [1.807, 2.05) is 40.6 Å². The lowest BCUT2D eigenvalue weighted by molar-refractivity contribution is -0.153. The molecule has 2 aliphatic carbocycles. The van der Waals surface area contributed by atoms with Gasteiger partial charge in [0.25, 0.3) is 0 Å². The zero-order chi connectivity index (χ0) is 30.5. The lowest BCUT2D eigenvalue weighted by Crippen LogP contribution is -2.54. The van der Waals surface area contributed by atoms with E-state index >= 15 is 0 Å². The van der Waals surface area contributed by atoms with Crippen LogP contribution in [0, 0.1) is 17.3 Å². The van der Waals surface area contributed by atoms with Crippen LogP contribution in [0.4, 0.5) is 0 Å². The number of rotatable bonds is 8. The second-order valence-corrected chi connectivity index (χ2v) is 13.7. The maximum absolute atomic E-state index is 14.6. The van der Waals surface area contributed by atoms with Gasteiger partial charge in [-0.25, -0.2) is 0 Å². The minimum Gasteiger partial charge on any atom is -0.487 e. The van der Waals surface area contributed by atoms with E-state index in [4.69, 9.17) is 16.3 Å². The molecule has 4 aliphatic rings. The average molecular weight is 611 g/mol. The topological polar surface area (TPSA) is 110 Å². The SMILES string of the molecule is CNC(=O)[C@@]1(C)CCCC[C@H]1C(=O)N1CCc2c(Cl)ccc(OCc3nnn(C)c3C3CC3)c2[C@H]1CN1CC(C)CC1=O. The second-order valence-electron chi connectivity index (χ2n) is 13.2. The zero-order valence-corrected chi connectivity index (χ0v) is 26.5. The zero-order valence-electron chi connectivity index (χ0n) is 25.7. The molecule has 6 rings (SSSR count). The first-order valence-electron chi connectivity index (χ1n) is 15.7. The van der Waals surface area contributed by atoms with Crippen LogP contribution < -0.4 is 10.1 Å². The van der Waals surface area contributed by atoms with Gasteiger partial charge in [0.15, 0.2) is 0 Å². The van der Waals surface area contributed by atoms with Crippen LogP contribution in [0.1, 0.15) is 93.3 Å². The Morgan fingerprint density at radius 3 is 2.70 bits per heavy atom. The van der Waals surface area contributed by atoms with Crippen molar-refractivity contribution in [3.05, 3.63) is 39.7 Å². The maximum atomic E-state index is 14.6. The van der Waals surface area contributed by atoms with Gasteiger partial charge in [-0.2, -0.15) is 0 Å². The molecule has 3 fully saturated rings. The number of amides is 3. The molecule has 2 aromatic rings. The molecular weight excluding hydrogens is 568 g/mol. The third-order valence-electron chi connectivity index (χ3n) is 10.2. The predicted molar refractivity (Wildman–Crippen MR) is 161 cm³/mol. The van der Waals surface area contributed by atoms with Crippen molar-refractivity contribution >= 4 is 29.3 Å². The highest BCUT2D eigenvalue weighted by atomic mass is 35.5. The largest absolute Gasteiger partial charge is 0.487 e. The Morgan fingerprint density at radius 1 is 1.21 bits per heavy atom. The van der Waals surface area contributed by atoms with Crippen molar-refractivity contribution in [3.8, 4) is 5.75 Å². The molecule has 1 N–H and O–H groups in total. The molecule has 232 valence electrons. The molecule has 1 saturated heterocycles. The van der Waals surface area contributed by atoms with E-state index in [1.54, 1.807) is 7.05 Å². The highest BCUT2D eigenvalue weighted by Crippen LogP contribution is 2.47. The first kappa shape index (κ1) is 29.9. The lowest BCUT2D eigenvalue weighted by Gasteiger charge is -2.46. The van der Waals surface area contributed by atoms with E-state index < -0.39 is 17.4 Å². The quantitative estimate of drug-likeness (QED) is 0.481. The molecule has 10 nitrogen and oxygen atoms in total. The summed E-state index contributed by atoms with van der Waals surface area (Å²) >= 11 is 6.81. The Morgan fingerprint density at radius 2 is 2.00 bits per heavy atom. The fourth-order valence-corrected chi connectivity index (χ4v) is 7.97. The number of aryl methyl sites for hydroxylation is 1. The Bertz CT molecular complexity index is 1420. The van der Waals surface area contributed by atoms with Crippen molar-refractivity contribution in [2.45, 2.75) is 83.8 Å². The van der Waals surface area contributed by atoms with Crippen LogP contribution in [0.3, 0.4) is 0 Å². The summed E-state index contributed by atoms with van der Waals surface area (Å²) in [5.74, 6) is 0.893. The normalized spacial score (nSPS) is 27.3. The summed E-state index contributed by atoms with van der Waals surface area (Å²) in [7, 11) is 3.56. The predicted octanol–water partition coefficient (Wildman–Crippen LogP) is 4.16. The standard InChI is InChI=1S/C32H43ClN6O4/c1-19-15-27(40)38(16-19)17-25-28-21(12-14-39(25)30(41)22-7-5-6-13-32(22,2)31(42)34-3)23(33)10-11-26(28)43-18-24-29(20-8-9-20)37(4)36-35-24/h10-11,19-20,22,25H,5-9,12-18H2,1-4H3,(H,34,42)/t19?,22-,25+,32-/m0/s1. The fraction of sp³-hybridized carbons (Fsp3) is 0.656. The highest BCUT2D eigenvalue weighted by Gasteiger charge is 2.49. The fourth-order valence-electron chi connectivity index (χ4n) is 7.71. The molecular formula is C32H43ClN6O4. The summed E-state index contributed by atoms with van der Waals surface area (Å²) in [6, 6.07) is 3.29. The van der Waals surface area contributed by atoms with Gasteiger partial charge >= 0.3 is 0 Å². The van der Waals surface area contributed by atoms with Gasteiger partial charge in [0.2, 0.25) is 17.7 Å². The number of halogens is 1. The van der Waals surface area contributed by atoms with E-state index in [2.05, 4.69) is 22.6 Å². The van der Waals surface area contributed by atoms with Gasteiger partial charge in [-0.05, 0) is 62.6 Å². The summed E-state index contributed by atoms with van der Waals surface area (Å²) in [5, 5.41) is 12.1. The van der Waals surface area contributed by atoms with Gasteiger partial charge in [-0.3, -0.25) is 19.1 Å².